The van der Waals surface area contributed by atoms with Crippen molar-refractivity contribution in [2.45, 2.75) is 50.3 Å². The third-order valence-electron chi connectivity index (χ3n) is 2.34. The number of hydrogen-bond acceptors (Lipinski definition) is 7. The molecule has 0 amide bonds. The van der Waals surface area contributed by atoms with Crippen LogP contribution >= 0.6 is 0 Å². The maximum atomic E-state index is 11.2. The number of ketones is 1. The van der Waals surface area contributed by atoms with Crippen LogP contribution in [0.15, 0.2) is 0 Å². The quantitative estimate of drug-likeness (QED) is 0.297. The Labute approximate surface area is 98.3 Å². The summed E-state index contributed by atoms with van der Waals surface area (Å²) in [6.45, 7) is 1.69. The molecule has 5 N–H and O–H groups in total. The van der Waals surface area contributed by atoms with Crippen LogP contribution in [0.3, 0.4) is 0 Å². The lowest BCUT2D eigenvalue weighted by Crippen LogP contribution is -2.51. The summed E-state index contributed by atoms with van der Waals surface area (Å²) in [7, 11) is 0. The number of Topliss-reactive ketones (excluding diaryl/α,β-unsaturated/α-hetero) is 1. The van der Waals surface area contributed by atoms with E-state index in [1.807, 2.05) is 0 Å². The fraction of sp³-hybridized carbons (Fsp3) is 0.800. The number of carbonyl (C=O) groups excluding carboxylic acids is 2. The molecule has 0 fully saturated rings. The Morgan fingerprint density at radius 2 is 1.59 bits per heavy atom. The molecule has 0 aromatic carbocycles. The molecule has 0 saturated carbocycles. The van der Waals surface area contributed by atoms with Gasteiger partial charge in [-0.05, 0) is 6.42 Å². The number of aliphatic hydroxyl groups excluding tert-OH is 5. The first kappa shape index (κ1) is 16.1. The molecule has 0 aliphatic rings. The van der Waals surface area contributed by atoms with Crippen LogP contribution in [0, 0.1) is 0 Å². The number of carbonyl (C=O) groups is 2. The Morgan fingerprint density at radius 1 is 1.06 bits per heavy atom. The summed E-state index contributed by atoms with van der Waals surface area (Å²) in [5, 5.41) is 46.2. The summed E-state index contributed by atoms with van der Waals surface area (Å²) < 4.78 is 0. The van der Waals surface area contributed by atoms with E-state index in [1.54, 1.807) is 6.92 Å². The molecule has 0 bridgehead atoms. The van der Waals surface area contributed by atoms with Gasteiger partial charge in [0.25, 0.3) is 0 Å². The zero-order valence-electron chi connectivity index (χ0n) is 9.43. The third-order valence-corrected chi connectivity index (χ3v) is 2.34. The zero-order chi connectivity index (χ0) is 13.6. The second kappa shape index (κ2) is 7.46. The summed E-state index contributed by atoms with van der Waals surface area (Å²) in [4.78, 5) is 21.4. The van der Waals surface area contributed by atoms with Gasteiger partial charge in [0.05, 0.1) is 0 Å². The highest BCUT2D eigenvalue weighted by Gasteiger charge is 2.36. The molecule has 0 aromatic rings. The van der Waals surface area contributed by atoms with Gasteiger partial charge >= 0.3 is 0 Å². The largest absolute Gasteiger partial charge is 0.387 e. The van der Waals surface area contributed by atoms with E-state index in [-0.39, 0.29) is 12.7 Å². The highest BCUT2D eigenvalue weighted by Crippen LogP contribution is 2.10. The summed E-state index contributed by atoms with van der Waals surface area (Å²) in [5.41, 5.74) is 0. The van der Waals surface area contributed by atoms with Crippen molar-refractivity contribution in [3.8, 4) is 0 Å². The molecule has 7 heteroatoms. The van der Waals surface area contributed by atoms with Crippen molar-refractivity contribution in [1.29, 1.82) is 0 Å². The van der Waals surface area contributed by atoms with Crippen molar-refractivity contribution in [1.82, 2.24) is 0 Å². The SMILES string of the molecule is CCCC(=O)C(O)[C@@H](O)[C@@H](O)[C@H](O)[C@H](O)C=O. The molecular weight excluding hydrogens is 232 g/mol. The molecule has 7 nitrogen and oxygen atoms in total. The average molecular weight is 250 g/mol. The highest BCUT2D eigenvalue weighted by atomic mass is 16.4. The molecule has 5 atom stereocenters. The van der Waals surface area contributed by atoms with E-state index in [0.29, 0.717) is 6.42 Å². The molecule has 1 unspecified atom stereocenters. The third kappa shape index (κ3) is 4.49. The van der Waals surface area contributed by atoms with Gasteiger partial charge in [0.2, 0.25) is 0 Å². The first-order valence-corrected chi connectivity index (χ1v) is 5.25. The van der Waals surface area contributed by atoms with Crippen molar-refractivity contribution >= 4 is 12.1 Å². The summed E-state index contributed by atoms with van der Waals surface area (Å²) >= 11 is 0. The van der Waals surface area contributed by atoms with E-state index in [9.17, 15) is 30.0 Å². The fourth-order valence-corrected chi connectivity index (χ4v) is 1.26. The van der Waals surface area contributed by atoms with Crippen LogP contribution in [0.4, 0.5) is 0 Å². The van der Waals surface area contributed by atoms with Gasteiger partial charge in [0, 0.05) is 6.42 Å². The Hall–Kier alpha value is -0.860. The van der Waals surface area contributed by atoms with E-state index >= 15 is 0 Å². The smallest absolute Gasteiger partial charge is 0.164 e. The van der Waals surface area contributed by atoms with Gasteiger partial charge in [0.1, 0.15) is 30.5 Å². The second-order valence-corrected chi connectivity index (χ2v) is 3.76. The zero-order valence-corrected chi connectivity index (χ0v) is 9.43. The number of aliphatic hydroxyl groups is 5. The predicted octanol–water partition coefficient (Wildman–Crippen LogP) is -2.64. The number of aldehydes is 1. The number of rotatable bonds is 8. The van der Waals surface area contributed by atoms with E-state index < -0.39 is 36.3 Å². The Bertz CT molecular complexity index is 255. The monoisotopic (exact) mass is 250 g/mol. The van der Waals surface area contributed by atoms with E-state index in [1.165, 1.54) is 0 Å². The van der Waals surface area contributed by atoms with Gasteiger partial charge in [-0.15, -0.1) is 0 Å². The van der Waals surface area contributed by atoms with Gasteiger partial charge in [0.15, 0.2) is 12.1 Å². The fourth-order valence-electron chi connectivity index (χ4n) is 1.26. The molecule has 0 rings (SSSR count). The van der Waals surface area contributed by atoms with Gasteiger partial charge in [-0.2, -0.15) is 0 Å². The van der Waals surface area contributed by atoms with Crippen LogP contribution in [-0.4, -0.2) is 68.1 Å². The Kier molecular flexibility index (Phi) is 7.09. The lowest BCUT2D eigenvalue weighted by molar-refractivity contribution is -0.154. The first-order valence-electron chi connectivity index (χ1n) is 5.25. The lowest BCUT2D eigenvalue weighted by atomic mass is 9.96. The van der Waals surface area contributed by atoms with Crippen molar-refractivity contribution < 1.29 is 35.1 Å². The van der Waals surface area contributed by atoms with Gasteiger partial charge in [-0.1, -0.05) is 6.92 Å². The first-order chi connectivity index (χ1) is 7.86. The minimum atomic E-state index is -1.99. The van der Waals surface area contributed by atoms with E-state index in [2.05, 4.69) is 0 Å². The van der Waals surface area contributed by atoms with Crippen molar-refractivity contribution in [3.63, 3.8) is 0 Å². The molecular formula is C10H18O7. The Balaban J connectivity index is 4.52. The molecule has 0 saturated heterocycles. The van der Waals surface area contributed by atoms with Gasteiger partial charge in [-0.3, -0.25) is 4.79 Å². The number of hydrogen-bond donors (Lipinski definition) is 5. The lowest BCUT2D eigenvalue weighted by Gasteiger charge is -2.26. The van der Waals surface area contributed by atoms with Crippen LogP contribution < -0.4 is 0 Å². The molecule has 0 spiro atoms. The Morgan fingerprint density at radius 3 is 2.00 bits per heavy atom. The minimum absolute atomic E-state index is 0.0112. The molecule has 0 aromatic heterocycles. The molecule has 100 valence electrons. The van der Waals surface area contributed by atoms with Crippen LogP contribution in [0.25, 0.3) is 0 Å². The predicted molar refractivity (Wildman–Crippen MR) is 56.0 cm³/mol. The summed E-state index contributed by atoms with van der Waals surface area (Å²) in [5.74, 6) is -0.688. The van der Waals surface area contributed by atoms with Crippen molar-refractivity contribution in [2.24, 2.45) is 0 Å². The topological polar surface area (TPSA) is 135 Å². The van der Waals surface area contributed by atoms with Crippen LogP contribution in [0.1, 0.15) is 19.8 Å². The highest BCUT2D eigenvalue weighted by molar-refractivity contribution is 5.83. The van der Waals surface area contributed by atoms with Gasteiger partial charge in [-0.25, -0.2) is 0 Å². The molecule has 17 heavy (non-hydrogen) atoms. The normalized spacial score (nSPS) is 20.1. The molecule has 0 radical (unpaired) electrons. The summed E-state index contributed by atoms with van der Waals surface area (Å²) in [6.07, 6.45) is -9.24. The second-order valence-electron chi connectivity index (χ2n) is 3.76. The average Bonchev–Trinajstić information content (AvgIpc) is 2.34. The van der Waals surface area contributed by atoms with E-state index in [4.69, 9.17) is 5.11 Å². The van der Waals surface area contributed by atoms with Crippen LogP contribution in [0.5, 0.6) is 0 Å². The maximum absolute atomic E-state index is 11.2. The standard InChI is InChI=1S/C10H18O7/c1-2-3-5(12)7(14)9(16)10(17)8(15)6(13)4-11/h4,6-10,13-17H,2-3H2,1H3/t6-,7?,8-,9-,10+/m1/s1. The molecule has 0 aliphatic carbocycles. The summed E-state index contributed by atoms with van der Waals surface area (Å²) in [6, 6.07) is 0. The van der Waals surface area contributed by atoms with E-state index in [0.717, 1.165) is 0 Å². The minimum Gasteiger partial charge on any atom is -0.387 e. The molecule has 0 heterocycles. The van der Waals surface area contributed by atoms with Crippen molar-refractivity contribution in [2.75, 3.05) is 0 Å². The van der Waals surface area contributed by atoms with Crippen molar-refractivity contribution in [3.05, 3.63) is 0 Å². The van der Waals surface area contributed by atoms with Crippen LogP contribution in [0.2, 0.25) is 0 Å². The molecule has 0 aliphatic heterocycles. The van der Waals surface area contributed by atoms with Crippen LogP contribution in [-0.2, 0) is 9.59 Å². The van der Waals surface area contributed by atoms with Gasteiger partial charge < -0.3 is 30.3 Å². The maximum Gasteiger partial charge on any atom is 0.164 e.